The molecule has 0 radical (unpaired) electrons. The van der Waals surface area contributed by atoms with Gasteiger partial charge >= 0.3 is 23.1 Å². The number of rotatable bonds is 11. The number of carbonyl (C=O) groups is 2. The molecule has 2 aliphatic heterocycles. The van der Waals surface area contributed by atoms with Gasteiger partial charge in [0.25, 0.3) is 20.2 Å². The lowest BCUT2D eigenvalue weighted by Crippen LogP contribution is -2.31. The smallest absolute Gasteiger partial charge is 0.363 e. The lowest BCUT2D eigenvalue weighted by atomic mass is 9.88. The van der Waals surface area contributed by atoms with Gasteiger partial charge in [0.15, 0.2) is 0 Å². The Kier molecular flexibility index (Phi) is 9.06. The largest absolute Gasteiger partial charge is 0.478 e. The fourth-order valence-corrected chi connectivity index (χ4v) is 7.89. The van der Waals surface area contributed by atoms with E-state index in [1.165, 1.54) is 18.2 Å². The fraction of sp³-hybridized carbons (Fsp3) is 0.364. The van der Waals surface area contributed by atoms with Crippen molar-refractivity contribution in [3.8, 4) is 11.1 Å². The predicted molar refractivity (Wildman–Crippen MR) is 181 cm³/mol. The molecule has 0 aliphatic carbocycles. The van der Waals surface area contributed by atoms with Crippen LogP contribution in [0.2, 0.25) is 0 Å². The molecular formula is C33H35N2O11S2+. The molecule has 15 heteroatoms. The zero-order valence-corrected chi connectivity index (χ0v) is 27.5. The molecule has 0 amide bonds. The van der Waals surface area contributed by atoms with Gasteiger partial charge < -0.3 is 20.0 Å². The summed E-state index contributed by atoms with van der Waals surface area (Å²) in [5, 5.41) is 21.3. The van der Waals surface area contributed by atoms with Gasteiger partial charge in [0.1, 0.15) is 0 Å². The Balaban J connectivity index is 1.58. The first-order valence-corrected chi connectivity index (χ1v) is 18.8. The first kappa shape index (κ1) is 33.6. The number of aromatic carboxylic acids is 2. The van der Waals surface area contributed by atoms with Gasteiger partial charge in [-0.25, -0.2) is 14.0 Å². The van der Waals surface area contributed by atoms with Gasteiger partial charge in [-0.3, -0.25) is 9.11 Å². The van der Waals surface area contributed by atoms with Gasteiger partial charge in [0.2, 0.25) is 0 Å². The van der Waals surface area contributed by atoms with E-state index in [9.17, 15) is 45.7 Å². The molecular weight excluding hydrogens is 665 g/mol. The zero-order valence-electron chi connectivity index (χ0n) is 25.9. The van der Waals surface area contributed by atoms with E-state index in [1.54, 1.807) is 0 Å². The highest BCUT2D eigenvalue weighted by Crippen LogP contribution is 2.44. The average molecular weight is 700 g/mol. The zero-order chi connectivity index (χ0) is 34.4. The molecule has 0 saturated carbocycles. The molecule has 0 bridgehead atoms. The first-order chi connectivity index (χ1) is 22.7. The van der Waals surface area contributed by atoms with E-state index in [0.717, 1.165) is 35.3 Å². The van der Waals surface area contributed by atoms with Crippen molar-refractivity contribution in [2.75, 3.05) is 47.5 Å². The molecule has 3 heterocycles. The van der Waals surface area contributed by atoms with Gasteiger partial charge in [-0.15, -0.1) is 0 Å². The van der Waals surface area contributed by atoms with Crippen molar-refractivity contribution in [2.45, 2.75) is 38.5 Å². The van der Waals surface area contributed by atoms with E-state index in [4.69, 9.17) is 4.42 Å². The van der Waals surface area contributed by atoms with E-state index in [1.807, 2.05) is 34.1 Å². The third-order valence-electron chi connectivity index (χ3n) is 8.98. The molecule has 0 saturated heterocycles. The summed E-state index contributed by atoms with van der Waals surface area (Å²) in [6.07, 6.45) is 3.36. The Bertz CT molecular complexity index is 2070. The van der Waals surface area contributed by atoms with Crippen LogP contribution in [0, 0.1) is 0 Å². The van der Waals surface area contributed by atoms with E-state index >= 15 is 0 Å². The second-order valence-electron chi connectivity index (χ2n) is 12.3. The second kappa shape index (κ2) is 13.0. The van der Waals surface area contributed by atoms with Gasteiger partial charge in [-0.2, -0.15) is 16.8 Å². The van der Waals surface area contributed by atoms with Crippen LogP contribution >= 0.6 is 0 Å². The van der Waals surface area contributed by atoms with Gasteiger partial charge in [-0.05, 0) is 85.5 Å². The summed E-state index contributed by atoms with van der Waals surface area (Å²) in [6, 6.07) is 11.4. The number of carboxylic acid groups (broad SMARTS) is 2. The first-order valence-electron chi connectivity index (χ1n) is 15.6. The van der Waals surface area contributed by atoms with Crippen molar-refractivity contribution in [3.63, 3.8) is 0 Å². The summed E-state index contributed by atoms with van der Waals surface area (Å²) in [6.45, 7) is 2.05. The third-order valence-corrected chi connectivity index (χ3v) is 10.6. The molecule has 3 aromatic carbocycles. The summed E-state index contributed by atoms with van der Waals surface area (Å²) < 4.78 is 70.5. The highest BCUT2D eigenvalue weighted by atomic mass is 32.2. The number of nitrogens with zero attached hydrogens (tertiary/aromatic N) is 2. The fourth-order valence-electron chi connectivity index (χ4n) is 6.90. The minimum absolute atomic E-state index is 0.0805. The quantitative estimate of drug-likeness (QED) is 0.0928. The molecule has 6 rings (SSSR count). The lowest BCUT2D eigenvalue weighted by Gasteiger charge is -2.31. The number of anilines is 2. The summed E-state index contributed by atoms with van der Waals surface area (Å²) in [5.74, 6) is -3.20. The van der Waals surface area contributed by atoms with Crippen LogP contribution in [-0.2, 0) is 33.1 Å². The van der Waals surface area contributed by atoms with E-state index in [2.05, 4.69) is 0 Å². The highest BCUT2D eigenvalue weighted by molar-refractivity contribution is 7.86. The molecule has 1 aromatic heterocycles. The average Bonchev–Trinajstić information content (AvgIpc) is 3.00. The monoisotopic (exact) mass is 699 g/mol. The molecule has 254 valence electrons. The normalized spacial score (nSPS) is 15.0. The molecule has 0 unspecified atom stereocenters. The molecule has 0 fully saturated rings. The van der Waals surface area contributed by atoms with Crippen molar-refractivity contribution >= 4 is 65.5 Å². The van der Waals surface area contributed by atoms with E-state index in [0.29, 0.717) is 66.5 Å². The third kappa shape index (κ3) is 7.09. The van der Waals surface area contributed by atoms with Crippen molar-refractivity contribution in [1.29, 1.82) is 0 Å². The lowest BCUT2D eigenvalue weighted by molar-refractivity contribution is 0.0682. The van der Waals surface area contributed by atoms with Crippen molar-refractivity contribution < 1.29 is 50.2 Å². The van der Waals surface area contributed by atoms with Crippen LogP contribution < -0.4 is 9.80 Å². The van der Waals surface area contributed by atoms with Crippen LogP contribution in [-0.4, -0.2) is 85.8 Å². The Morgan fingerprint density at radius 3 is 1.65 bits per heavy atom. The van der Waals surface area contributed by atoms with Crippen LogP contribution in [0.4, 0.5) is 11.4 Å². The maximum atomic E-state index is 12.5. The minimum atomic E-state index is -4.13. The molecule has 13 nitrogen and oxygen atoms in total. The van der Waals surface area contributed by atoms with Crippen LogP contribution in [0.25, 0.3) is 33.1 Å². The number of benzene rings is 3. The standard InChI is InChI=1S/C33H34N2O11S2/c36-32(37)22-7-8-23(33(38)39)24(17-22)31-25-15-20-5-1-9-34(11-3-13-47(40,41)42)27(20)18-29(25)46-30-19-28-21(16-26(30)31)6-2-10-35(28)12-4-14-48(43,44)45/h7-8,15-19H,1-6,9-14H2,(H3-,36,37,38,39,40,41,42,43,44,45)/p+1. The summed E-state index contributed by atoms with van der Waals surface area (Å²) >= 11 is 0. The Morgan fingerprint density at radius 2 is 1.21 bits per heavy atom. The van der Waals surface area contributed by atoms with Crippen molar-refractivity contribution in [2.24, 2.45) is 0 Å². The maximum absolute atomic E-state index is 12.5. The summed E-state index contributed by atoms with van der Waals surface area (Å²) in [5.41, 5.74) is 4.88. The van der Waals surface area contributed by atoms with Crippen LogP contribution in [0.3, 0.4) is 0 Å². The van der Waals surface area contributed by atoms with Crippen LogP contribution in [0.15, 0.2) is 46.9 Å². The van der Waals surface area contributed by atoms with Gasteiger partial charge in [-0.1, -0.05) is 0 Å². The van der Waals surface area contributed by atoms with Crippen molar-refractivity contribution in [3.05, 3.63) is 64.7 Å². The minimum Gasteiger partial charge on any atom is -0.478 e. The van der Waals surface area contributed by atoms with Crippen molar-refractivity contribution in [1.82, 2.24) is 0 Å². The maximum Gasteiger partial charge on any atom is 0.363 e. The molecule has 0 spiro atoms. The Labute approximate surface area is 276 Å². The van der Waals surface area contributed by atoms with Gasteiger partial charge in [0, 0.05) is 43.1 Å². The predicted octanol–water partition coefficient (Wildman–Crippen LogP) is 4.99. The number of carboxylic acids is 2. The van der Waals surface area contributed by atoms with Crippen LogP contribution in [0.5, 0.6) is 0 Å². The summed E-state index contributed by atoms with van der Waals surface area (Å²) in [4.78, 5) is 28.7. The van der Waals surface area contributed by atoms with Gasteiger partial charge in [0.05, 0.1) is 45.5 Å². The summed E-state index contributed by atoms with van der Waals surface area (Å²) in [7, 11) is -8.25. The second-order valence-corrected chi connectivity index (χ2v) is 15.4. The van der Waals surface area contributed by atoms with Crippen LogP contribution in [0.1, 0.15) is 57.5 Å². The number of hydrogen-bond acceptors (Lipinski definition) is 8. The molecule has 4 N–H and O–H groups in total. The number of aryl methyl sites for hydroxylation is 2. The van der Waals surface area contributed by atoms with E-state index < -0.39 is 32.2 Å². The van der Waals surface area contributed by atoms with E-state index in [-0.39, 0.29) is 41.0 Å². The number of fused-ring (bicyclic) bond motifs is 4. The topological polar surface area (TPSA) is 201 Å². The molecule has 4 aromatic rings. The molecule has 2 aliphatic rings. The highest BCUT2D eigenvalue weighted by Gasteiger charge is 2.30. The molecule has 0 atom stereocenters. The number of hydrogen-bond donors (Lipinski definition) is 4. The SMILES string of the molecule is O=C(O)c1ccc(C(=O)O)c(-c2c3cc4c(cc3[o+]c3cc5c(cc23)CCCN5CCCS(=O)(=O)O)N(CCCS(=O)(=O)O)CCC4)c1. The Hall–Kier alpha value is -4.31. The Morgan fingerprint density at radius 1 is 0.708 bits per heavy atom. The molecule has 48 heavy (non-hydrogen) atoms.